The minimum absolute atomic E-state index is 0.00794. The number of alkyl halides is 3. The number of hydrogen-bond acceptors (Lipinski definition) is 5. The molecule has 0 aliphatic heterocycles. The third-order valence-corrected chi connectivity index (χ3v) is 2.75. The Labute approximate surface area is 130 Å². The maximum absolute atomic E-state index is 12.6. The van der Waals surface area contributed by atoms with Crippen molar-refractivity contribution in [2.75, 3.05) is 6.61 Å². The van der Waals surface area contributed by atoms with Crippen molar-refractivity contribution in [2.45, 2.75) is 19.5 Å². The van der Waals surface area contributed by atoms with Crippen molar-refractivity contribution < 1.29 is 27.5 Å². The van der Waals surface area contributed by atoms with Crippen molar-refractivity contribution >= 4 is 11.8 Å². The van der Waals surface area contributed by atoms with Gasteiger partial charge in [0, 0.05) is 5.70 Å². The molecule has 0 unspecified atom stereocenters. The lowest BCUT2D eigenvalue weighted by molar-refractivity contribution is -0.146. The number of ether oxygens (including phenoxy) is 1. The molecule has 23 heavy (non-hydrogen) atoms. The third-order valence-electron chi connectivity index (χ3n) is 2.75. The van der Waals surface area contributed by atoms with Crippen LogP contribution in [0, 0.1) is 11.3 Å². The number of nitrogens with two attached hydrogens (primary N) is 1. The zero-order valence-electron chi connectivity index (χ0n) is 12.1. The van der Waals surface area contributed by atoms with Gasteiger partial charge in [-0.3, -0.25) is 9.59 Å². The number of nitriles is 1. The molecule has 0 fully saturated rings. The van der Waals surface area contributed by atoms with Crippen LogP contribution in [0.4, 0.5) is 13.2 Å². The molecular formula is C15H13F3N2O3. The van der Waals surface area contributed by atoms with Crippen molar-refractivity contribution in [3.8, 4) is 6.07 Å². The number of Topliss-reactive ketones (excluding diaryl/α,β-unsaturated/α-hetero) is 1. The number of rotatable bonds is 5. The summed E-state index contributed by atoms with van der Waals surface area (Å²) >= 11 is 0. The molecule has 1 aromatic rings. The summed E-state index contributed by atoms with van der Waals surface area (Å²) in [5.41, 5.74) is 4.21. The quantitative estimate of drug-likeness (QED) is 0.508. The van der Waals surface area contributed by atoms with Crippen molar-refractivity contribution in [1.82, 2.24) is 0 Å². The smallest absolute Gasteiger partial charge is 0.416 e. The van der Waals surface area contributed by atoms with Gasteiger partial charge in [0.1, 0.15) is 11.6 Å². The second kappa shape index (κ2) is 7.45. The maximum Gasteiger partial charge on any atom is 0.416 e. The van der Waals surface area contributed by atoms with Crippen LogP contribution in [0.3, 0.4) is 0 Å². The number of hydrogen-bond donors (Lipinski definition) is 1. The Morgan fingerprint density at radius 2 is 2.00 bits per heavy atom. The van der Waals surface area contributed by atoms with E-state index in [0.717, 1.165) is 12.1 Å². The SMILES string of the molecule is C/C(N)=C(\C#N)C(=O)COC(=O)Cc1cccc(C(F)(F)F)c1. The molecule has 1 aromatic carbocycles. The Kier molecular flexibility index (Phi) is 5.90. The van der Waals surface area contributed by atoms with Crippen LogP contribution in [0.5, 0.6) is 0 Å². The van der Waals surface area contributed by atoms with Gasteiger partial charge in [0.25, 0.3) is 0 Å². The third kappa shape index (κ3) is 5.47. The van der Waals surface area contributed by atoms with E-state index in [9.17, 15) is 22.8 Å². The summed E-state index contributed by atoms with van der Waals surface area (Å²) in [7, 11) is 0. The first-order valence-corrected chi connectivity index (χ1v) is 6.36. The number of benzene rings is 1. The highest BCUT2D eigenvalue weighted by molar-refractivity contribution is 6.01. The van der Waals surface area contributed by atoms with E-state index in [-0.39, 0.29) is 16.8 Å². The van der Waals surface area contributed by atoms with E-state index < -0.39 is 36.5 Å². The molecule has 0 amide bonds. The van der Waals surface area contributed by atoms with E-state index in [1.54, 1.807) is 6.07 Å². The Balaban J connectivity index is 2.67. The van der Waals surface area contributed by atoms with Crippen LogP contribution in [0.15, 0.2) is 35.5 Å². The molecule has 0 atom stereocenters. The molecule has 0 saturated carbocycles. The predicted octanol–water partition coefficient (Wildman–Crippen LogP) is 2.12. The molecule has 2 N–H and O–H groups in total. The highest BCUT2D eigenvalue weighted by Gasteiger charge is 2.30. The largest absolute Gasteiger partial charge is 0.457 e. The van der Waals surface area contributed by atoms with Crippen LogP contribution < -0.4 is 5.73 Å². The summed E-state index contributed by atoms with van der Waals surface area (Å²) in [5, 5.41) is 8.72. The maximum atomic E-state index is 12.6. The summed E-state index contributed by atoms with van der Waals surface area (Å²) in [6.45, 7) is 0.649. The fourth-order valence-electron chi connectivity index (χ4n) is 1.66. The number of esters is 1. The van der Waals surface area contributed by atoms with Crippen LogP contribution >= 0.6 is 0 Å². The number of allylic oxidation sites excluding steroid dienone is 1. The molecule has 0 heterocycles. The van der Waals surface area contributed by atoms with Crippen molar-refractivity contribution in [3.05, 3.63) is 46.7 Å². The lowest BCUT2D eigenvalue weighted by atomic mass is 10.1. The molecule has 0 bridgehead atoms. The van der Waals surface area contributed by atoms with Crippen molar-refractivity contribution in [3.63, 3.8) is 0 Å². The standard InChI is InChI=1S/C15H13F3N2O3/c1-9(20)12(7-19)13(21)8-23-14(22)6-10-3-2-4-11(5-10)15(16,17)18/h2-5H,6,8,20H2,1H3/b12-9-. The molecular weight excluding hydrogens is 313 g/mol. The van der Waals surface area contributed by atoms with Gasteiger partial charge in [0.2, 0.25) is 5.78 Å². The van der Waals surface area contributed by atoms with Gasteiger partial charge in [0.15, 0.2) is 6.61 Å². The van der Waals surface area contributed by atoms with Crippen LogP contribution in [0.25, 0.3) is 0 Å². The minimum atomic E-state index is -4.51. The molecule has 5 nitrogen and oxygen atoms in total. The van der Waals surface area contributed by atoms with Gasteiger partial charge in [-0.05, 0) is 18.6 Å². The zero-order chi connectivity index (χ0) is 17.6. The van der Waals surface area contributed by atoms with E-state index >= 15 is 0 Å². The van der Waals surface area contributed by atoms with Gasteiger partial charge < -0.3 is 10.5 Å². The number of ketones is 1. The second-order valence-electron chi connectivity index (χ2n) is 4.63. The van der Waals surface area contributed by atoms with Gasteiger partial charge in [0.05, 0.1) is 12.0 Å². The number of halogens is 3. The second-order valence-corrected chi connectivity index (χ2v) is 4.63. The molecule has 0 aliphatic carbocycles. The van der Waals surface area contributed by atoms with Crippen LogP contribution in [-0.2, 0) is 26.9 Å². The predicted molar refractivity (Wildman–Crippen MR) is 73.6 cm³/mol. The van der Waals surface area contributed by atoms with E-state index in [1.165, 1.54) is 19.1 Å². The molecule has 0 aliphatic rings. The van der Waals surface area contributed by atoms with Crippen molar-refractivity contribution in [2.24, 2.45) is 5.73 Å². The first kappa shape index (κ1) is 18.2. The summed E-state index contributed by atoms with van der Waals surface area (Å²) < 4.78 is 42.3. The average molecular weight is 326 g/mol. The minimum Gasteiger partial charge on any atom is -0.457 e. The van der Waals surface area contributed by atoms with E-state index in [2.05, 4.69) is 4.74 Å². The topological polar surface area (TPSA) is 93.2 Å². The fourth-order valence-corrected chi connectivity index (χ4v) is 1.66. The molecule has 122 valence electrons. The monoisotopic (exact) mass is 326 g/mol. The molecule has 0 radical (unpaired) electrons. The van der Waals surface area contributed by atoms with Gasteiger partial charge in [-0.25, -0.2) is 0 Å². The zero-order valence-corrected chi connectivity index (χ0v) is 12.1. The van der Waals surface area contributed by atoms with Crippen LogP contribution in [0.2, 0.25) is 0 Å². The first-order chi connectivity index (χ1) is 10.6. The summed E-state index contributed by atoms with van der Waals surface area (Å²) in [6.07, 6.45) is -4.94. The van der Waals surface area contributed by atoms with Gasteiger partial charge in [-0.2, -0.15) is 18.4 Å². The number of carbonyl (C=O) groups excluding carboxylic acids is 2. The first-order valence-electron chi connectivity index (χ1n) is 6.36. The van der Waals surface area contributed by atoms with E-state index in [0.29, 0.717) is 0 Å². The highest BCUT2D eigenvalue weighted by atomic mass is 19.4. The van der Waals surface area contributed by atoms with Crippen molar-refractivity contribution in [1.29, 1.82) is 5.26 Å². The Hall–Kier alpha value is -2.82. The van der Waals surface area contributed by atoms with Gasteiger partial charge >= 0.3 is 12.1 Å². The van der Waals surface area contributed by atoms with Crippen LogP contribution in [-0.4, -0.2) is 18.4 Å². The lowest BCUT2D eigenvalue weighted by Crippen LogP contribution is -2.18. The Bertz CT molecular complexity index is 684. The normalized spacial score (nSPS) is 12.1. The lowest BCUT2D eigenvalue weighted by Gasteiger charge is -2.08. The highest BCUT2D eigenvalue weighted by Crippen LogP contribution is 2.29. The molecule has 1 rings (SSSR count). The van der Waals surface area contributed by atoms with Gasteiger partial charge in [-0.1, -0.05) is 18.2 Å². The average Bonchev–Trinajstić information content (AvgIpc) is 2.45. The number of nitrogens with zero attached hydrogens (tertiary/aromatic N) is 1. The summed E-state index contributed by atoms with van der Waals surface area (Å²) in [4.78, 5) is 23.1. The molecule has 0 aromatic heterocycles. The van der Waals surface area contributed by atoms with Crippen LogP contribution in [0.1, 0.15) is 18.1 Å². The molecule has 0 spiro atoms. The molecule has 8 heteroatoms. The summed E-state index contributed by atoms with van der Waals surface area (Å²) in [5.74, 6) is -1.66. The van der Waals surface area contributed by atoms with E-state index in [1.807, 2.05) is 0 Å². The summed E-state index contributed by atoms with van der Waals surface area (Å²) in [6, 6.07) is 5.80. The molecule has 0 saturated heterocycles. The van der Waals surface area contributed by atoms with E-state index in [4.69, 9.17) is 11.0 Å². The Morgan fingerprint density at radius 1 is 1.35 bits per heavy atom. The number of carbonyl (C=O) groups is 2. The Morgan fingerprint density at radius 3 is 2.52 bits per heavy atom. The van der Waals surface area contributed by atoms with Gasteiger partial charge in [-0.15, -0.1) is 0 Å². The fraction of sp³-hybridized carbons (Fsp3) is 0.267.